The number of likely N-dealkylation sites (tertiary alicyclic amines) is 1. The van der Waals surface area contributed by atoms with Crippen LogP contribution in [-0.4, -0.2) is 39.2 Å². The number of aromatic nitrogens is 2. The normalized spacial score (nSPS) is 19.1. The molecular formula is C16H16FN3O2S. The number of hydrogen-bond acceptors (Lipinski definition) is 5. The van der Waals surface area contributed by atoms with Gasteiger partial charge in [-0.3, -0.25) is 9.69 Å². The van der Waals surface area contributed by atoms with Gasteiger partial charge in [0.25, 0.3) is 5.56 Å². The third-order valence-electron chi connectivity index (χ3n) is 4.44. The van der Waals surface area contributed by atoms with Gasteiger partial charge in [-0.15, -0.1) is 0 Å². The lowest BCUT2D eigenvalue weighted by Gasteiger charge is -2.20. The highest BCUT2D eigenvalue weighted by molar-refractivity contribution is 7.18. The SMILES string of the molecule is O=c1[nH]c2sc(CN3CCC[C@@H]3CF)nc2c2c(O)cccc12. The minimum Gasteiger partial charge on any atom is -0.507 e. The maximum atomic E-state index is 13.0. The van der Waals surface area contributed by atoms with E-state index in [4.69, 9.17) is 0 Å². The number of nitrogens with zero attached hydrogens (tertiary/aromatic N) is 2. The highest BCUT2D eigenvalue weighted by Gasteiger charge is 2.25. The fourth-order valence-electron chi connectivity index (χ4n) is 3.29. The number of rotatable bonds is 3. The van der Waals surface area contributed by atoms with Gasteiger partial charge < -0.3 is 10.1 Å². The van der Waals surface area contributed by atoms with Crippen LogP contribution in [0.1, 0.15) is 17.8 Å². The Hall–Kier alpha value is -1.99. The van der Waals surface area contributed by atoms with Gasteiger partial charge in [-0.2, -0.15) is 0 Å². The van der Waals surface area contributed by atoms with Crippen LogP contribution in [0.2, 0.25) is 0 Å². The quantitative estimate of drug-likeness (QED) is 0.773. The molecule has 0 radical (unpaired) electrons. The number of pyridine rings is 1. The number of hydrogen-bond donors (Lipinski definition) is 2. The van der Waals surface area contributed by atoms with E-state index in [9.17, 15) is 14.3 Å². The molecule has 0 aliphatic carbocycles. The summed E-state index contributed by atoms with van der Waals surface area (Å²) in [4.78, 5) is 22.3. The summed E-state index contributed by atoms with van der Waals surface area (Å²) >= 11 is 1.39. The third kappa shape index (κ3) is 2.40. The van der Waals surface area contributed by atoms with Gasteiger partial charge in [0.2, 0.25) is 0 Å². The lowest BCUT2D eigenvalue weighted by molar-refractivity contribution is 0.207. The molecule has 4 rings (SSSR count). The largest absolute Gasteiger partial charge is 0.507 e. The van der Waals surface area contributed by atoms with Gasteiger partial charge in [0.1, 0.15) is 27.8 Å². The number of halogens is 1. The molecule has 1 fully saturated rings. The lowest BCUT2D eigenvalue weighted by Crippen LogP contribution is -2.30. The number of H-pyrrole nitrogens is 1. The van der Waals surface area contributed by atoms with Crippen molar-refractivity contribution in [1.82, 2.24) is 14.9 Å². The Kier molecular flexibility index (Phi) is 3.54. The molecule has 0 spiro atoms. The average Bonchev–Trinajstić information content (AvgIpc) is 3.14. The molecule has 2 aromatic heterocycles. The molecule has 23 heavy (non-hydrogen) atoms. The maximum Gasteiger partial charge on any atom is 0.257 e. The first-order valence-corrected chi connectivity index (χ1v) is 8.42. The standard InChI is InChI=1S/C16H16FN3O2S/c17-7-9-3-2-6-20(9)8-12-18-14-13-10(4-1-5-11(13)21)15(22)19-16(14)23-12/h1,4-5,9,21H,2-3,6-8H2,(H,19,22)/t9-/m1/s1. The van der Waals surface area contributed by atoms with Crippen LogP contribution in [0.15, 0.2) is 23.0 Å². The summed E-state index contributed by atoms with van der Waals surface area (Å²) < 4.78 is 13.0. The zero-order chi connectivity index (χ0) is 16.0. The molecule has 1 aliphatic heterocycles. The van der Waals surface area contributed by atoms with Crippen molar-refractivity contribution < 1.29 is 9.50 Å². The molecule has 1 saturated heterocycles. The summed E-state index contributed by atoms with van der Waals surface area (Å²) in [5.41, 5.74) is 0.370. The van der Waals surface area contributed by atoms with Crippen molar-refractivity contribution >= 4 is 32.5 Å². The first-order chi connectivity index (χ1) is 11.2. The summed E-state index contributed by atoms with van der Waals surface area (Å²) in [6.45, 7) is 1.10. The molecule has 3 heterocycles. The molecule has 2 N–H and O–H groups in total. The van der Waals surface area contributed by atoms with Crippen LogP contribution in [-0.2, 0) is 6.54 Å². The van der Waals surface area contributed by atoms with E-state index in [0.29, 0.717) is 27.7 Å². The second-order valence-electron chi connectivity index (χ2n) is 5.86. The molecule has 0 bridgehead atoms. The molecule has 7 heteroatoms. The molecule has 1 atom stereocenters. The Labute approximate surface area is 135 Å². The average molecular weight is 333 g/mol. The van der Waals surface area contributed by atoms with Crippen LogP contribution >= 0.6 is 11.3 Å². The van der Waals surface area contributed by atoms with Gasteiger partial charge in [-0.25, -0.2) is 9.37 Å². The van der Waals surface area contributed by atoms with Crippen LogP contribution in [0, 0.1) is 0 Å². The zero-order valence-electron chi connectivity index (χ0n) is 12.4. The van der Waals surface area contributed by atoms with E-state index in [-0.39, 0.29) is 24.0 Å². The fourth-order valence-corrected chi connectivity index (χ4v) is 4.28. The highest BCUT2D eigenvalue weighted by atomic mass is 32.1. The van der Waals surface area contributed by atoms with Crippen LogP contribution in [0.4, 0.5) is 4.39 Å². The molecule has 0 unspecified atom stereocenters. The Balaban J connectivity index is 1.82. The van der Waals surface area contributed by atoms with E-state index in [1.807, 2.05) is 0 Å². The smallest absolute Gasteiger partial charge is 0.257 e. The first kappa shape index (κ1) is 14.6. The number of aromatic amines is 1. The number of aromatic hydroxyl groups is 1. The molecule has 120 valence electrons. The number of phenolic OH excluding ortho intramolecular Hbond substituents is 1. The number of thiazole rings is 1. The zero-order valence-corrected chi connectivity index (χ0v) is 13.2. The van der Waals surface area contributed by atoms with Crippen molar-refractivity contribution in [1.29, 1.82) is 0 Å². The van der Waals surface area contributed by atoms with E-state index >= 15 is 0 Å². The van der Waals surface area contributed by atoms with Crippen molar-refractivity contribution in [3.8, 4) is 5.75 Å². The van der Waals surface area contributed by atoms with E-state index < -0.39 is 0 Å². The number of fused-ring (bicyclic) bond motifs is 3. The predicted octanol–water partition coefficient (Wildman–Crippen LogP) is 2.78. The van der Waals surface area contributed by atoms with Crippen LogP contribution in [0.3, 0.4) is 0 Å². The fraction of sp³-hybridized carbons (Fsp3) is 0.375. The summed E-state index contributed by atoms with van der Waals surface area (Å²) in [6, 6.07) is 4.83. The van der Waals surface area contributed by atoms with Crippen molar-refractivity contribution in [2.75, 3.05) is 13.2 Å². The van der Waals surface area contributed by atoms with E-state index in [0.717, 1.165) is 24.4 Å². The predicted molar refractivity (Wildman–Crippen MR) is 88.8 cm³/mol. The van der Waals surface area contributed by atoms with Gasteiger partial charge in [0, 0.05) is 6.04 Å². The van der Waals surface area contributed by atoms with Crippen molar-refractivity contribution in [2.45, 2.75) is 25.4 Å². The van der Waals surface area contributed by atoms with Crippen molar-refractivity contribution in [3.63, 3.8) is 0 Å². The van der Waals surface area contributed by atoms with Crippen molar-refractivity contribution in [2.24, 2.45) is 0 Å². The number of benzene rings is 1. The minimum absolute atomic E-state index is 0.0359. The van der Waals surface area contributed by atoms with E-state index in [2.05, 4.69) is 14.9 Å². The topological polar surface area (TPSA) is 69.2 Å². The van der Waals surface area contributed by atoms with Crippen molar-refractivity contribution in [3.05, 3.63) is 33.6 Å². The van der Waals surface area contributed by atoms with E-state index in [1.54, 1.807) is 18.2 Å². The van der Waals surface area contributed by atoms with Gasteiger partial charge in [0.05, 0.1) is 17.3 Å². The summed E-state index contributed by atoms with van der Waals surface area (Å²) in [7, 11) is 0. The first-order valence-electron chi connectivity index (χ1n) is 7.61. The van der Waals surface area contributed by atoms with Gasteiger partial charge in [-0.1, -0.05) is 17.4 Å². The van der Waals surface area contributed by atoms with Crippen LogP contribution < -0.4 is 5.56 Å². The minimum atomic E-state index is -0.342. The highest BCUT2D eigenvalue weighted by Crippen LogP contribution is 2.32. The summed E-state index contributed by atoms with van der Waals surface area (Å²) in [6.07, 6.45) is 1.88. The molecule has 3 aromatic rings. The second kappa shape index (κ2) is 5.58. The lowest BCUT2D eigenvalue weighted by atomic mass is 10.1. The number of phenols is 1. The molecule has 5 nitrogen and oxygen atoms in total. The van der Waals surface area contributed by atoms with Gasteiger partial charge in [-0.05, 0) is 31.5 Å². The molecule has 1 aromatic carbocycles. The maximum absolute atomic E-state index is 13.0. The number of nitrogens with one attached hydrogen (secondary N) is 1. The third-order valence-corrected chi connectivity index (χ3v) is 5.39. The van der Waals surface area contributed by atoms with Crippen LogP contribution in [0.5, 0.6) is 5.75 Å². The van der Waals surface area contributed by atoms with Crippen LogP contribution in [0.25, 0.3) is 21.1 Å². The molecule has 0 saturated carbocycles. The summed E-state index contributed by atoms with van der Waals surface area (Å²) in [5, 5.41) is 11.9. The Bertz CT molecular complexity index is 936. The van der Waals surface area contributed by atoms with Gasteiger partial charge in [0.15, 0.2) is 0 Å². The Morgan fingerprint density at radius 2 is 2.35 bits per heavy atom. The molecule has 1 aliphatic rings. The monoisotopic (exact) mass is 333 g/mol. The summed E-state index contributed by atoms with van der Waals surface area (Å²) in [5.74, 6) is 0.0539. The Morgan fingerprint density at radius 1 is 1.48 bits per heavy atom. The Morgan fingerprint density at radius 3 is 3.17 bits per heavy atom. The molecule has 0 amide bonds. The van der Waals surface area contributed by atoms with E-state index in [1.165, 1.54) is 11.3 Å². The number of alkyl halides is 1. The molecular weight excluding hydrogens is 317 g/mol. The second-order valence-corrected chi connectivity index (χ2v) is 6.94. The van der Waals surface area contributed by atoms with Gasteiger partial charge >= 0.3 is 0 Å².